The number of carboxylic acid groups (broad SMARTS) is 1. The second-order valence-corrected chi connectivity index (χ2v) is 3.49. The third-order valence-corrected chi connectivity index (χ3v) is 2.24. The number of carboxylic acids is 1. The van der Waals surface area contributed by atoms with Crippen molar-refractivity contribution < 1.29 is 14.8 Å². The lowest BCUT2D eigenvalue weighted by molar-refractivity contribution is -0.384. The Bertz CT molecular complexity index is 482. The minimum Gasteiger partial charge on any atom is -0.478 e. The summed E-state index contributed by atoms with van der Waals surface area (Å²) in [6.45, 7) is 1.67. The van der Waals surface area contributed by atoms with Crippen molar-refractivity contribution in [3.05, 3.63) is 44.5 Å². The molecule has 1 aromatic carbocycles. The fraction of sp³-hybridized carbons (Fsp3) is 0.100. The Kier molecular flexibility index (Phi) is 3.63. The summed E-state index contributed by atoms with van der Waals surface area (Å²) in [7, 11) is 0. The first-order chi connectivity index (χ1) is 7.41. The first kappa shape index (κ1) is 12.2. The van der Waals surface area contributed by atoms with Crippen molar-refractivity contribution >= 4 is 29.3 Å². The highest BCUT2D eigenvalue weighted by Crippen LogP contribution is 2.30. The highest BCUT2D eigenvalue weighted by Gasteiger charge is 2.15. The SMILES string of the molecule is Cc1cc(/C=C/C(=O)O)c(Cl)c([N+](=O)[O-])c1. The number of aryl methyl sites for hydroxylation is 1. The van der Waals surface area contributed by atoms with E-state index in [2.05, 4.69) is 0 Å². The standard InChI is InChI=1S/C10H8ClNO4/c1-6-4-7(2-3-9(13)14)10(11)8(5-6)12(15)16/h2-5H,1H3,(H,13,14)/b3-2+. The molecular weight excluding hydrogens is 234 g/mol. The topological polar surface area (TPSA) is 80.4 Å². The van der Waals surface area contributed by atoms with Gasteiger partial charge >= 0.3 is 5.97 Å². The summed E-state index contributed by atoms with van der Waals surface area (Å²) in [6.07, 6.45) is 2.11. The van der Waals surface area contributed by atoms with Crippen LogP contribution in [0, 0.1) is 17.0 Å². The number of hydrogen-bond acceptors (Lipinski definition) is 3. The van der Waals surface area contributed by atoms with Crippen LogP contribution in [0.25, 0.3) is 6.08 Å². The second kappa shape index (κ2) is 4.76. The molecule has 0 saturated carbocycles. The molecule has 0 unspecified atom stereocenters. The number of aliphatic carboxylic acids is 1. The average Bonchev–Trinajstić information content (AvgIpc) is 2.18. The minimum atomic E-state index is -1.14. The first-order valence-corrected chi connectivity index (χ1v) is 4.65. The zero-order valence-corrected chi connectivity index (χ0v) is 9.06. The molecule has 1 N–H and O–H groups in total. The van der Waals surface area contributed by atoms with Crippen LogP contribution in [0.3, 0.4) is 0 Å². The number of nitro groups is 1. The van der Waals surface area contributed by atoms with Gasteiger partial charge in [-0.1, -0.05) is 17.7 Å². The van der Waals surface area contributed by atoms with Gasteiger partial charge in [-0.2, -0.15) is 0 Å². The van der Waals surface area contributed by atoms with Crippen LogP contribution in [0.4, 0.5) is 5.69 Å². The van der Waals surface area contributed by atoms with Gasteiger partial charge in [-0.15, -0.1) is 0 Å². The number of halogens is 1. The Morgan fingerprint density at radius 1 is 1.56 bits per heavy atom. The summed E-state index contributed by atoms with van der Waals surface area (Å²) >= 11 is 5.77. The number of hydrogen-bond donors (Lipinski definition) is 1. The van der Waals surface area contributed by atoms with E-state index < -0.39 is 10.9 Å². The highest BCUT2D eigenvalue weighted by atomic mass is 35.5. The number of rotatable bonds is 3. The summed E-state index contributed by atoms with van der Waals surface area (Å²) in [5, 5.41) is 19.0. The monoisotopic (exact) mass is 241 g/mol. The molecule has 0 saturated heterocycles. The maximum Gasteiger partial charge on any atom is 0.328 e. The maximum atomic E-state index is 10.6. The van der Waals surface area contributed by atoms with Gasteiger partial charge < -0.3 is 5.11 Å². The lowest BCUT2D eigenvalue weighted by Crippen LogP contribution is -1.93. The number of nitro benzene ring substituents is 1. The van der Waals surface area contributed by atoms with Gasteiger partial charge in [-0.25, -0.2) is 4.79 Å². The molecule has 0 bridgehead atoms. The van der Waals surface area contributed by atoms with Crippen LogP contribution in [-0.4, -0.2) is 16.0 Å². The van der Waals surface area contributed by atoms with Gasteiger partial charge in [0.05, 0.1) is 4.92 Å². The van der Waals surface area contributed by atoms with Gasteiger partial charge in [0.1, 0.15) is 5.02 Å². The fourth-order valence-corrected chi connectivity index (χ4v) is 1.43. The lowest BCUT2D eigenvalue weighted by Gasteiger charge is -2.01. The molecule has 1 rings (SSSR count). The molecule has 0 aromatic heterocycles. The lowest BCUT2D eigenvalue weighted by atomic mass is 10.1. The van der Waals surface area contributed by atoms with Crippen LogP contribution in [-0.2, 0) is 4.79 Å². The van der Waals surface area contributed by atoms with Crippen molar-refractivity contribution in [3.8, 4) is 0 Å². The molecule has 6 heteroatoms. The van der Waals surface area contributed by atoms with Crippen molar-refractivity contribution in [2.45, 2.75) is 6.92 Å². The molecule has 0 atom stereocenters. The summed E-state index contributed by atoms with van der Waals surface area (Å²) in [5.74, 6) is -1.14. The normalized spacial score (nSPS) is 10.6. The quantitative estimate of drug-likeness (QED) is 0.501. The third-order valence-electron chi connectivity index (χ3n) is 1.83. The first-order valence-electron chi connectivity index (χ1n) is 4.27. The molecule has 0 radical (unpaired) electrons. The van der Waals surface area contributed by atoms with E-state index >= 15 is 0 Å². The maximum absolute atomic E-state index is 10.6. The van der Waals surface area contributed by atoms with E-state index in [0.29, 0.717) is 11.1 Å². The summed E-state index contributed by atoms with van der Waals surface area (Å²) in [6, 6.07) is 2.91. The number of nitrogens with zero attached hydrogens (tertiary/aromatic N) is 1. The molecule has 0 aliphatic carbocycles. The molecular formula is C10H8ClNO4. The number of carbonyl (C=O) groups is 1. The number of benzene rings is 1. The fourth-order valence-electron chi connectivity index (χ4n) is 1.19. The van der Waals surface area contributed by atoms with Crippen LogP contribution < -0.4 is 0 Å². The summed E-state index contributed by atoms with van der Waals surface area (Å²) in [4.78, 5) is 20.4. The molecule has 5 nitrogen and oxygen atoms in total. The molecule has 0 aliphatic heterocycles. The Morgan fingerprint density at radius 2 is 2.19 bits per heavy atom. The molecule has 0 aliphatic rings. The average molecular weight is 242 g/mol. The molecule has 84 valence electrons. The molecule has 0 spiro atoms. The predicted octanol–water partition coefficient (Wildman–Crippen LogP) is 2.65. The zero-order chi connectivity index (χ0) is 12.3. The van der Waals surface area contributed by atoms with Crippen molar-refractivity contribution in [1.29, 1.82) is 0 Å². The molecule has 0 fully saturated rings. The smallest absolute Gasteiger partial charge is 0.328 e. The van der Waals surface area contributed by atoms with Crippen molar-refractivity contribution in [3.63, 3.8) is 0 Å². The molecule has 16 heavy (non-hydrogen) atoms. The Balaban J connectivity index is 3.29. The van der Waals surface area contributed by atoms with Crippen molar-refractivity contribution in [2.24, 2.45) is 0 Å². The summed E-state index contributed by atoms with van der Waals surface area (Å²) in [5.41, 5.74) is 0.726. The van der Waals surface area contributed by atoms with E-state index in [9.17, 15) is 14.9 Å². The van der Waals surface area contributed by atoms with Gasteiger partial charge in [-0.05, 0) is 18.6 Å². The van der Waals surface area contributed by atoms with E-state index in [1.54, 1.807) is 13.0 Å². The third kappa shape index (κ3) is 2.80. The zero-order valence-electron chi connectivity index (χ0n) is 8.31. The molecule has 1 aromatic rings. The second-order valence-electron chi connectivity index (χ2n) is 3.12. The molecule has 0 heterocycles. The van der Waals surface area contributed by atoms with E-state index in [1.807, 2.05) is 0 Å². The van der Waals surface area contributed by atoms with E-state index in [4.69, 9.17) is 16.7 Å². The van der Waals surface area contributed by atoms with Crippen LogP contribution in [0.1, 0.15) is 11.1 Å². The van der Waals surface area contributed by atoms with Crippen LogP contribution >= 0.6 is 11.6 Å². The summed E-state index contributed by atoms with van der Waals surface area (Å²) < 4.78 is 0. The van der Waals surface area contributed by atoms with Crippen molar-refractivity contribution in [2.75, 3.05) is 0 Å². The van der Waals surface area contributed by atoms with Crippen LogP contribution in [0.2, 0.25) is 5.02 Å². The highest BCUT2D eigenvalue weighted by molar-refractivity contribution is 6.34. The Hall–Kier alpha value is -1.88. The van der Waals surface area contributed by atoms with Gasteiger partial charge in [0.2, 0.25) is 0 Å². The van der Waals surface area contributed by atoms with Gasteiger partial charge in [0.25, 0.3) is 5.69 Å². The minimum absolute atomic E-state index is 0.0619. The van der Waals surface area contributed by atoms with Crippen molar-refractivity contribution in [1.82, 2.24) is 0 Å². The van der Waals surface area contributed by atoms with Gasteiger partial charge in [-0.3, -0.25) is 10.1 Å². The Morgan fingerprint density at radius 3 is 2.69 bits per heavy atom. The predicted molar refractivity (Wildman–Crippen MR) is 59.5 cm³/mol. The Labute approximate surface area is 96.1 Å². The largest absolute Gasteiger partial charge is 0.478 e. The molecule has 0 amide bonds. The van der Waals surface area contributed by atoms with Gasteiger partial charge in [0.15, 0.2) is 0 Å². The van der Waals surface area contributed by atoms with E-state index in [1.165, 1.54) is 12.1 Å². The van der Waals surface area contributed by atoms with Crippen LogP contribution in [0.5, 0.6) is 0 Å². The van der Waals surface area contributed by atoms with Crippen LogP contribution in [0.15, 0.2) is 18.2 Å². The van der Waals surface area contributed by atoms with E-state index in [0.717, 1.165) is 6.08 Å². The van der Waals surface area contributed by atoms with E-state index in [-0.39, 0.29) is 10.7 Å². The van der Waals surface area contributed by atoms with Gasteiger partial charge in [0, 0.05) is 17.7 Å².